The van der Waals surface area contributed by atoms with Crippen LogP contribution >= 0.6 is 12.2 Å². The fourth-order valence-corrected chi connectivity index (χ4v) is 4.48. The van der Waals surface area contributed by atoms with Gasteiger partial charge < -0.3 is 9.55 Å². The van der Waals surface area contributed by atoms with Crippen LogP contribution in [-0.4, -0.2) is 29.5 Å². The number of rotatable bonds is 2. The monoisotopic (exact) mass is 308 g/mol. The van der Waals surface area contributed by atoms with Crippen molar-refractivity contribution in [1.82, 2.24) is 9.55 Å². The molecule has 1 saturated heterocycles. The first-order chi connectivity index (χ1) is 9.57. The van der Waals surface area contributed by atoms with Crippen molar-refractivity contribution in [3.63, 3.8) is 0 Å². The molecular weight excluding hydrogens is 292 g/mol. The summed E-state index contributed by atoms with van der Waals surface area (Å²) in [6.45, 7) is 0. The van der Waals surface area contributed by atoms with Crippen molar-refractivity contribution in [3.8, 4) is 11.3 Å². The molecule has 0 saturated carbocycles. The van der Waals surface area contributed by atoms with Crippen LogP contribution in [0.25, 0.3) is 11.3 Å². The molecule has 1 N–H and O–H groups in total. The van der Waals surface area contributed by atoms with Crippen LogP contribution < -0.4 is 0 Å². The summed E-state index contributed by atoms with van der Waals surface area (Å²) in [5.41, 5.74) is 2.12. The summed E-state index contributed by atoms with van der Waals surface area (Å²) < 4.78 is 25.9. The minimum atomic E-state index is -2.85. The molecule has 0 atom stereocenters. The van der Waals surface area contributed by atoms with E-state index in [0.29, 0.717) is 17.6 Å². The fraction of sp³-hybridized carbons (Fsp3) is 0.357. The van der Waals surface area contributed by atoms with Gasteiger partial charge in [-0.15, -0.1) is 0 Å². The van der Waals surface area contributed by atoms with Gasteiger partial charge in [0, 0.05) is 12.2 Å². The van der Waals surface area contributed by atoms with Gasteiger partial charge in [0.25, 0.3) is 0 Å². The van der Waals surface area contributed by atoms with E-state index in [0.717, 1.165) is 11.3 Å². The molecule has 1 fully saturated rings. The standard InChI is InChI=1S/C14H16N2O2S2/c17-20(18)8-6-12(7-9-20)16-13(10-15-14(16)19)11-4-2-1-3-5-11/h1-5,10,12H,6-9H2,(H,15,19). The molecule has 106 valence electrons. The average molecular weight is 308 g/mol. The highest BCUT2D eigenvalue weighted by atomic mass is 32.2. The van der Waals surface area contributed by atoms with Crippen molar-refractivity contribution < 1.29 is 8.42 Å². The van der Waals surface area contributed by atoms with Gasteiger partial charge in [0.15, 0.2) is 4.77 Å². The number of hydrogen-bond acceptors (Lipinski definition) is 3. The Labute approximate surface area is 123 Å². The third-order valence-electron chi connectivity index (χ3n) is 3.77. The average Bonchev–Trinajstić information content (AvgIpc) is 2.82. The number of hydrogen-bond donors (Lipinski definition) is 1. The van der Waals surface area contributed by atoms with Crippen molar-refractivity contribution >= 4 is 22.1 Å². The quantitative estimate of drug-likeness (QED) is 0.868. The van der Waals surface area contributed by atoms with Crippen LogP contribution in [0, 0.1) is 4.77 Å². The Hall–Kier alpha value is -1.40. The first kappa shape index (κ1) is 13.6. The van der Waals surface area contributed by atoms with E-state index in [2.05, 4.69) is 9.55 Å². The lowest BCUT2D eigenvalue weighted by molar-refractivity contribution is 0.449. The second kappa shape index (κ2) is 5.18. The van der Waals surface area contributed by atoms with Gasteiger partial charge in [-0.2, -0.15) is 0 Å². The summed E-state index contributed by atoms with van der Waals surface area (Å²) >= 11 is 5.37. The highest BCUT2D eigenvalue weighted by Gasteiger charge is 2.26. The van der Waals surface area contributed by atoms with Crippen LogP contribution in [0.4, 0.5) is 0 Å². The Morgan fingerprint density at radius 1 is 1.15 bits per heavy atom. The first-order valence-electron chi connectivity index (χ1n) is 6.62. The molecule has 0 bridgehead atoms. The molecule has 4 nitrogen and oxygen atoms in total. The molecule has 3 rings (SSSR count). The molecule has 1 aliphatic rings. The number of nitrogens with one attached hydrogen (secondary N) is 1. The lowest BCUT2D eigenvalue weighted by Gasteiger charge is -2.25. The second-order valence-electron chi connectivity index (χ2n) is 5.10. The molecule has 0 spiro atoms. The van der Waals surface area contributed by atoms with Gasteiger partial charge in [-0.25, -0.2) is 8.42 Å². The van der Waals surface area contributed by atoms with Crippen LogP contribution in [-0.2, 0) is 9.84 Å². The number of nitrogens with zero attached hydrogens (tertiary/aromatic N) is 1. The highest BCUT2D eigenvalue weighted by Crippen LogP contribution is 2.30. The normalized spacial score (nSPS) is 19.0. The zero-order valence-corrected chi connectivity index (χ0v) is 12.6. The molecule has 2 heterocycles. The topological polar surface area (TPSA) is 54.9 Å². The van der Waals surface area contributed by atoms with Gasteiger partial charge in [0.2, 0.25) is 0 Å². The Morgan fingerprint density at radius 2 is 1.80 bits per heavy atom. The molecule has 6 heteroatoms. The molecule has 20 heavy (non-hydrogen) atoms. The van der Waals surface area contributed by atoms with Gasteiger partial charge in [0.1, 0.15) is 9.84 Å². The Morgan fingerprint density at radius 3 is 2.45 bits per heavy atom. The first-order valence-corrected chi connectivity index (χ1v) is 8.85. The minimum Gasteiger partial charge on any atom is -0.337 e. The van der Waals surface area contributed by atoms with Crippen LogP contribution in [0.3, 0.4) is 0 Å². The van der Waals surface area contributed by atoms with Crippen molar-refractivity contribution in [2.24, 2.45) is 0 Å². The number of sulfone groups is 1. The molecule has 0 radical (unpaired) electrons. The Kier molecular flexibility index (Phi) is 3.52. The lowest BCUT2D eigenvalue weighted by Crippen LogP contribution is -2.26. The maximum atomic E-state index is 11.6. The van der Waals surface area contributed by atoms with Crippen molar-refractivity contribution in [2.75, 3.05) is 11.5 Å². The van der Waals surface area contributed by atoms with E-state index >= 15 is 0 Å². The maximum Gasteiger partial charge on any atom is 0.177 e. The van der Waals surface area contributed by atoms with Crippen LogP contribution in [0.15, 0.2) is 36.5 Å². The zero-order chi connectivity index (χ0) is 14.2. The van der Waals surface area contributed by atoms with Gasteiger partial charge in [-0.3, -0.25) is 0 Å². The third kappa shape index (κ3) is 2.58. The molecule has 1 aliphatic heterocycles. The summed E-state index contributed by atoms with van der Waals surface area (Å²) in [5.74, 6) is 0.498. The summed E-state index contributed by atoms with van der Waals surface area (Å²) in [6, 6.07) is 10.2. The maximum absolute atomic E-state index is 11.6. The molecule has 1 aromatic heterocycles. The second-order valence-corrected chi connectivity index (χ2v) is 7.79. The van der Waals surface area contributed by atoms with E-state index in [1.807, 2.05) is 36.5 Å². The van der Waals surface area contributed by atoms with Crippen LogP contribution in [0.2, 0.25) is 0 Å². The molecule has 0 amide bonds. The van der Waals surface area contributed by atoms with Gasteiger partial charge in [-0.1, -0.05) is 30.3 Å². The summed E-state index contributed by atoms with van der Waals surface area (Å²) in [6.07, 6.45) is 3.17. The summed E-state index contributed by atoms with van der Waals surface area (Å²) in [7, 11) is -2.85. The van der Waals surface area contributed by atoms with Gasteiger partial charge in [-0.05, 0) is 30.6 Å². The Bertz CT molecular complexity index is 746. The zero-order valence-electron chi connectivity index (χ0n) is 11.0. The number of aromatic nitrogens is 2. The Balaban J connectivity index is 1.99. The van der Waals surface area contributed by atoms with E-state index in [-0.39, 0.29) is 17.5 Å². The SMILES string of the molecule is O=S1(=O)CCC(n2c(-c3ccccc3)c[nH]c2=S)CC1. The van der Waals surface area contributed by atoms with Crippen molar-refractivity contribution in [1.29, 1.82) is 0 Å². The molecular formula is C14H16N2O2S2. The minimum absolute atomic E-state index is 0.160. The predicted octanol–water partition coefficient (Wildman–Crippen LogP) is 2.96. The number of imidazole rings is 1. The predicted molar refractivity (Wildman–Crippen MR) is 82.0 cm³/mol. The highest BCUT2D eigenvalue weighted by molar-refractivity contribution is 7.91. The smallest absolute Gasteiger partial charge is 0.177 e. The largest absolute Gasteiger partial charge is 0.337 e. The molecule has 0 aliphatic carbocycles. The summed E-state index contributed by atoms with van der Waals surface area (Å²) in [5, 5.41) is 0. The van der Waals surface area contributed by atoms with E-state index in [1.165, 1.54) is 0 Å². The molecule has 2 aromatic rings. The molecule has 0 unspecified atom stereocenters. The van der Waals surface area contributed by atoms with E-state index in [9.17, 15) is 8.42 Å². The van der Waals surface area contributed by atoms with Gasteiger partial charge in [0.05, 0.1) is 17.2 Å². The molecule has 1 aromatic carbocycles. The number of benzene rings is 1. The van der Waals surface area contributed by atoms with Crippen molar-refractivity contribution in [2.45, 2.75) is 18.9 Å². The van der Waals surface area contributed by atoms with Crippen LogP contribution in [0.5, 0.6) is 0 Å². The number of aromatic amines is 1. The number of H-pyrrole nitrogens is 1. The lowest BCUT2D eigenvalue weighted by atomic mass is 10.1. The van der Waals surface area contributed by atoms with Crippen LogP contribution in [0.1, 0.15) is 18.9 Å². The van der Waals surface area contributed by atoms with Gasteiger partial charge >= 0.3 is 0 Å². The van der Waals surface area contributed by atoms with E-state index in [1.54, 1.807) is 0 Å². The fourth-order valence-electron chi connectivity index (χ4n) is 2.71. The van der Waals surface area contributed by atoms with Crippen molar-refractivity contribution in [3.05, 3.63) is 41.3 Å². The summed E-state index contributed by atoms with van der Waals surface area (Å²) in [4.78, 5) is 3.08. The third-order valence-corrected chi connectivity index (χ3v) is 5.80. The van der Waals surface area contributed by atoms with E-state index < -0.39 is 9.84 Å². The van der Waals surface area contributed by atoms with E-state index in [4.69, 9.17) is 12.2 Å².